The van der Waals surface area contributed by atoms with Gasteiger partial charge in [-0.15, -0.1) is 11.3 Å². The Balaban J connectivity index is 1.83. The van der Waals surface area contributed by atoms with E-state index in [1.807, 2.05) is 0 Å². The summed E-state index contributed by atoms with van der Waals surface area (Å²) in [6.07, 6.45) is 2.94. The molecule has 3 aromatic rings. The average molecular weight is 339 g/mol. The van der Waals surface area contributed by atoms with Crippen LogP contribution in [0.5, 0.6) is 0 Å². The highest BCUT2D eigenvalue weighted by molar-refractivity contribution is 7.21. The predicted octanol–water partition coefficient (Wildman–Crippen LogP) is 4.57. The molecule has 4 nitrogen and oxygen atoms in total. The molecule has 21 heavy (non-hydrogen) atoms. The van der Waals surface area contributed by atoms with Crippen molar-refractivity contribution in [3.05, 3.63) is 57.3 Å². The van der Waals surface area contributed by atoms with E-state index in [4.69, 9.17) is 27.6 Å². The highest BCUT2D eigenvalue weighted by Gasteiger charge is 2.16. The van der Waals surface area contributed by atoms with Crippen LogP contribution in [-0.2, 0) is 0 Å². The summed E-state index contributed by atoms with van der Waals surface area (Å²) in [5.41, 5.74) is 2.42. The zero-order chi connectivity index (χ0) is 14.8. The van der Waals surface area contributed by atoms with Crippen LogP contribution in [-0.4, -0.2) is 12.1 Å². The van der Waals surface area contributed by atoms with E-state index in [0.717, 1.165) is 10.1 Å². The summed E-state index contributed by atoms with van der Waals surface area (Å²) in [5, 5.41) is 5.62. The molecule has 0 aliphatic carbocycles. The van der Waals surface area contributed by atoms with Gasteiger partial charge in [-0.3, -0.25) is 4.79 Å². The Morgan fingerprint density at radius 1 is 1.33 bits per heavy atom. The molecule has 1 N–H and O–H groups in total. The molecule has 2 heterocycles. The maximum Gasteiger partial charge on any atom is 0.283 e. The normalized spacial score (nSPS) is 11.3. The molecule has 0 atom stereocenters. The summed E-state index contributed by atoms with van der Waals surface area (Å²) in [6, 6.07) is 8.76. The summed E-state index contributed by atoms with van der Waals surface area (Å²) in [7, 11) is 0. The summed E-state index contributed by atoms with van der Waals surface area (Å²) in [5.74, 6) is 0.171. The number of furan rings is 1. The maximum absolute atomic E-state index is 12.1. The Morgan fingerprint density at radius 2 is 2.19 bits per heavy atom. The first-order valence-electron chi connectivity index (χ1n) is 5.89. The summed E-state index contributed by atoms with van der Waals surface area (Å²) >= 11 is 13.4. The van der Waals surface area contributed by atoms with Crippen molar-refractivity contribution in [3.63, 3.8) is 0 Å². The van der Waals surface area contributed by atoms with Gasteiger partial charge < -0.3 is 4.42 Å². The van der Waals surface area contributed by atoms with Crippen LogP contribution in [0.15, 0.2) is 46.1 Å². The Labute approximate surface area is 134 Å². The van der Waals surface area contributed by atoms with E-state index >= 15 is 0 Å². The van der Waals surface area contributed by atoms with Crippen molar-refractivity contribution in [2.24, 2.45) is 5.10 Å². The highest BCUT2D eigenvalue weighted by atomic mass is 35.5. The number of hydrogen-bond donors (Lipinski definition) is 1. The molecule has 0 unspecified atom stereocenters. The van der Waals surface area contributed by atoms with Crippen molar-refractivity contribution in [1.29, 1.82) is 0 Å². The number of rotatable bonds is 3. The molecule has 0 spiro atoms. The maximum atomic E-state index is 12.1. The predicted molar refractivity (Wildman–Crippen MR) is 85.6 cm³/mol. The van der Waals surface area contributed by atoms with Gasteiger partial charge >= 0.3 is 0 Å². The lowest BCUT2D eigenvalue weighted by Gasteiger charge is -1.96. The molecular weight excluding hydrogens is 331 g/mol. The van der Waals surface area contributed by atoms with E-state index in [1.54, 1.807) is 30.3 Å². The number of halogens is 2. The number of amides is 1. The molecule has 0 aliphatic rings. The first-order valence-corrected chi connectivity index (χ1v) is 7.47. The third kappa shape index (κ3) is 2.95. The van der Waals surface area contributed by atoms with Crippen molar-refractivity contribution >= 4 is 56.7 Å². The number of fused-ring (bicyclic) bond motifs is 1. The van der Waals surface area contributed by atoms with E-state index < -0.39 is 0 Å². The van der Waals surface area contributed by atoms with Crippen LogP contribution in [0.3, 0.4) is 0 Å². The first-order chi connectivity index (χ1) is 10.1. The van der Waals surface area contributed by atoms with Gasteiger partial charge in [0.25, 0.3) is 5.91 Å². The number of hydrazone groups is 1. The number of hydrogen-bond acceptors (Lipinski definition) is 4. The van der Waals surface area contributed by atoms with E-state index in [0.29, 0.717) is 20.7 Å². The molecule has 0 bridgehead atoms. The van der Waals surface area contributed by atoms with Crippen LogP contribution in [0, 0.1) is 0 Å². The highest BCUT2D eigenvalue weighted by Crippen LogP contribution is 2.36. The molecule has 0 saturated heterocycles. The molecule has 0 radical (unpaired) electrons. The minimum Gasteiger partial charge on any atom is -0.463 e. The topological polar surface area (TPSA) is 54.6 Å². The quantitative estimate of drug-likeness (QED) is 0.562. The molecule has 0 aliphatic heterocycles. The Morgan fingerprint density at radius 3 is 2.95 bits per heavy atom. The molecule has 0 saturated carbocycles. The van der Waals surface area contributed by atoms with Gasteiger partial charge in [0.15, 0.2) is 0 Å². The molecule has 1 aromatic carbocycles. The van der Waals surface area contributed by atoms with Crippen LogP contribution >= 0.6 is 34.5 Å². The Hall–Kier alpha value is -1.82. The van der Waals surface area contributed by atoms with Gasteiger partial charge in [0, 0.05) is 15.1 Å². The molecule has 2 aromatic heterocycles. The monoisotopic (exact) mass is 338 g/mol. The molecule has 7 heteroatoms. The minimum absolute atomic E-state index is 0.375. The second kappa shape index (κ2) is 5.89. The van der Waals surface area contributed by atoms with Gasteiger partial charge in [-0.2, -0.15) is 5.10 Å². The lowest BCUT2D eigenvalue weighted by atomic mass is 10.2. The summed E-state index contributed by atoms with van der Waals surface area (Å²) in [6.45, 7) is 0. The van der Waals surface area contributed by atoms with Crippen LogP contribution in [0.2, 0.25) is 10.0 Å². The van der Waals surface area contributed by atoms with Crippen LogP contribution in [0.4, 0.5) is 0 Å². The minimum atomic E-state index is -0.375. The number of benzene rings is 1. The van der Waals surface area contributed by atoms with E-state index in [2.05, 4.69) is 10.5 Å². The SMILES string of the molecule is O=C(N/N=C/c1ccco1)c1sc2cc(Cl)ccc2c1Cl. The molecule has 106 valence electrons. The van der Waals surface area contributed by atoms with Crippen LogP contribution in [0.25, 0.3) is 10.1 Å². The second-order valence-corrected chi connectivity index (χ2v) is 5.97. The van der Waals surface area contributed by atoms with Crippen molar-refractivity contribution in [2.75, 3.05) is 0 Å². The standard InChI is InChI=1S/C14H8Cl2N2O2S/c15-8-3-4-10-11(6-8)21-13(12(10)16)14(19)18-17-7-9-2-1-5-20-9/h1-7H,(H,18,19)/b17-7+. The average Bonchev–Trinajstić information content (AvgIpc) is 3.07. The van der Waals surface area contributed by atoms with Gasteiger partial charge in [0.2, 0.25) is 0 Å². The van der Waals surface area contributed by atoms with Gasteiger partial charge in [-0.05, 0) is 24.3 Å². The molecule has 3 rings (SSSR count). The van der Waals surface area contributed by atoms with E-state index in [-0.39, 0.29) is 5.91 Å². The van der Waals surface area contributed by atoms with Crippen molar-refractivity contribution in [2.45, 2.75) is 0 Å². The largest absolute Gasteiger partial charge is 0.463 e. The summed E-state index contributed by atoms with van der Waals surface area (Å²) in [4.78, 5) is 12.5. The Kier molecular flexibility index (Phi) is 3.96. The third-order valence-corrected chi connectivity index (χ3v) is 4.59. The van der Waals surface area contributed by atoms with Crippen LogP contribution < -0.4 is 5.43 Å². The number of nitrogens with zero attached hydrogens (tertiary/aromatic N) is 1. The van der Waals surface area contributed by atoms with Gasteiger partial charge in [-0.1, -0.05) is 29.3 Å². The third-order valence-electron chi connectivity index (χ3n) is 2.70. The second-order valence-electron chi connectivity index (χ2n) is 4.10. The lowest BCUT2D eigenvalue weighted by Crippen LogP contribution is -2.16. The van der Waals surface area contributed by atoms with Gasteiger partial charge in [-0.25, -0.2) is 5.43 Å². The first kappa shape index (κ1) is 14.1. The zero-order valence-corrected chi connectivity index (χ0v) is 12.8. The molecule has 0 fully saturated rings. The van der Waals surface area contributed by atoms with Gasteiger partial charge in [0.05, 0.1) is 17.5 Å². The fraction of sp³-hybridized carbons (Fsp3) is 0. The molecule has 1 amide bonds. The zero-order valence-electron chi connectivity index (χ0n) is 10.5. The fourth-order valence-electron chi connectivity index (χ4n) is 1.76. The number of nitrogens with one attached hydrogen (secondary N) is 1. The van der Waals surface area contributed by atoms with Gasteiger partial charge in [0.1, 0.15) is 10.6 Å². The number of carbonyl (C=O) groups excluding carboxylic acids is 1. The van der Waals surface area contributed by atoms with E-state index in [1.165, 1.54) is 23.8 Å². The number of carbonyl (C=O) groups is 1. The molecular formula is C14H8Cl2N2O2S. The smallest absolute Gasteiger partial charge is 0.283 e. The lowest BCUT2D eigenvalue weighted by molar-refractivity contribution is 0.0959. The Bertz CT molecular complexity index is 825. The van der Waals surface area contributed by atoms with Crippen molar-refractivity contribution < 1.29 is 9.21 Å². The number of thiophene rings is 1. The summed E-state index contributed by atoms with van der Waals surface area (Å²) < 4.78 is 5.92. The van der Waals surface area contributed by atoms with Crippen molar-refractivity contribution in [1.82, 2.24) is 5.43 Å². The van der Waals surface area contributed by atoms with Crippen molar-refractivity contribution in [3.8, 4) is 0 Å². The fourth-order valence-corrected chi connectivity index (χ4v) is 3.44. The van der Waals surface area contributed by atoms with E-state index in [9.17, 15) is 4.79 Å². The van der Waals surface area contributed by atoms with Crippen LogP contribution in [0.1, 0.15) is 15.4 Å².